The van der Waals surface area contributed by atoms with Crippen LogP contribution in [0.3, 0.4) is 0 Å². The highest BCUT2D eigenvalue weighted by Gasteiger charge is 2.13. The van der Waals surface area contributed by atoms with Crippen molar-refractivity contribution in [3.05, 3.63) is 47.4 Å². The Labute approximate surface area is 121 Å². The molecule has 0 spiro atoms. The predicted molar refractivity (Wildman–Crippen MR) is 74.9 cm³/mol. The fourth-order valence-electron chi connectivity index (χ4n) is 1.69. The molecule has 2 heterocycles. The van der Waals surface area contributed by atoms with E-state index in [-0.39, 0.29) is 5.56 Å². The number of aromatic carboxylic acids is 1. The zero-order valence-electron chi connectivity index (χ0n) is 9.91. The number of fused-ring (bicyclic) bond motifs is 1. The Kier molecular flexibility index (Phi) is 3.37. The first-order chi connectivity index (χ1) is 9.65. The Morgan fingerprint density at radius 1 is 1.30 bits per heavy atom. The normalized spacial score (nSPS) is 10.8. The minimum atomic E-state index is -1.28. The van der Waals surface area contributed by atoms with Crippen LogP contribution in [0.5, 0.6) is 0 Å². The maximum atomic E-state index is 13.3. The van der Waals surface area contributed by atoms with E-state index in [4.69, 9.17) is 5.11 Å². The van der Waals surface area contributed by atoms with Gasteiger partial charge in [0.05, 0.1) is 5.56 Å². The van der Waals surface area contributed by atoms with Crippen LogP contribution >= 0.6 is 23.1 Å². The van der Waals surface area contributed by atoms with Crippen LogP contribution in [0, 0.1) is 5.82 Å². The van der Waals surface area contributed by atoms with Crippen molar-refractivity contribution in [2.45, 2.75) is 9.92 Å². The Balaban J connectivity index is 2.01. The summed E-state index contributed by atoms with van der Waals surface area (Å²) in [6, 6.07) is 5.90. The molecule has 0 aliphatic heterocycles. The first-order valence-corrected chi connectivity index (χ1v) is 7.23. The summed E-state index contributed by atoms with van der Waals surface area (Å²) in [6.07, 6.45) is 1.46. The number of carboxylic acid groups (broad SMARTS) is 1. The molecule has 4 nitrogen and oxygen atoms in total. The standard InChI is InChI=1S/C13H7FN2O2S2/c14-10-2-1-7(5-9(10)13(17)18)20-12-8-3-4-19-11(8)15-6-16-12/h1-6H,(H,17,18). The Morgan fingerprint density at radius 3 is 2.95 bits per heavy atom. The average Bonchev–Trinajstić information content (AvgIpc) is 2.90. The number of carbonyl (C=O) groups is 1. The molecule has 0 aliphatic rings. The number of hydrogen-bond donors (Lipinski definition) is 1. The summed E-state index contributed by atoms with van der Waals surface area (Å²) >= 11 is 2.79. The van der Waals surface area contributed by atoms with Gasteiger partial charge >= 0.3 is 5.97 Å². The summed E-state index contributed by atoms with van der Waals surface area (Å²) in [7, 11) is 0. The second-order valence-electron chi connectivity index (χ2n) is 3.87. The van der Waals surface area contributed by atoms with Gasteiger partial charge in [0.15, 0.2) is 0 Å². The number of aromatic nitrogens is 2. The van der Waals surface area contributed by atoms with Gasteiger partial charge in [-0.05, 0) is 29.6 Å². The van der Waals surface area contributed by atoms with Crippen LogP contribution in [0.1, 0.15) is 10.4 Å². The van der Waals surface area contributed by atoms with Gasteiger partial charge in [0.25, 0.3) is 0 Å². The molecule has 0 saturated carbocycles. The van der Waals surface area contributed by atoms with Crippen LogP contribution in [-0.2, 0) is 0 Å². The third-order valence-electron chi connectivity index (χ3n) is 2.61. The molecule has 0 saturated heterocycles. The largest absolute Gasteiger partial charge is 0.478 e. The van der Waals surface area contributed by atoms with E-state index in [1.165, 1.54) is 41.6 Å². The van der Waals surface area contributed by atoms with Crippen molar-refractivity contribution >= 4 is 39.3 Å². The first kappa shape index (κ1) is 13.0. The molecule has 0 unspecified atom stereocenters. The Hall–Kier alpha value is -1.99. The summed E-state index contributed by atoms with van der Waals surface area (Å²) in [5.41, 5.74) is -0.342. The summed E-state index contributed by atoms with van der Waals surface area (Å²) in [5.74, 6) is -2.03. The zero-order valence-corrected chi connectivity index (χ0v) is 11.5. The molecule has 2 aromatic heterocycles. The average molecular weight is 306 g/mol. The topological polar surface area (TPSA) is 63.1 Å². The predicted octanol–water partition coefficient (Wildman–Crippen LogP) is 3.68. The molecule has 0 atom stereocenters. The molecule has 1 N–H and O–H groups in total. The Bertz CT molecular complexity index is 804. The van der Waals surface area contributed by atoms with Crippen LogP contribution in [0.15, 0.2) is 45.9 Å². The van der Waals surface area contributed by atoms with E-state index < -0.39 is 11.8 Å². The molecule has 20 heavy (non-hydrogen) atoms. The molecule has 3 aromatic rings. The summed E-state index contributed by atoms with van der Waals surface area (Å²) in [6.45, 7) is 0. The lowest BCUT2D eigenvalue weighted by atomic mass is 10.2. The fraction of sp³-hybridized carbons (Fsp3) is 0. The van der Waals surface area contributed by atoms with Gasteiger partial charge in [-0.15, -0.1) is 11.3 Å². The van der Waals surface area contributed by atoms with Crippen LogP contribution in [0.25, 0.3) is 10.2 Å². The van der Waals surface area contributed by atoms with Gasteiger partial charge in [0.2, 0.25) is 0 Å². The highest BCUT2D eigenvalue weighted by molar-refractivity contribution is 7.99. The number of carboxylic acids is 1. The molecule has 0 bridgehead atoms. The number of halogens is 1. The summed E-state index contributed by atoms with van der Waals surface area (Å²) in [5, 5.41) is 12.5. The molecule has 1 aromatic carbocycles. The van der Waals surface area contributed by atoms with Gasteiger partial charge in [0, 0.05) is 10.3 Å². The molecule has 3 rings (SSSR count). The van der Waals surface area contributed by atoms with Crippen molar-refractivity contribution in [2.75, 3.05) is 0 Å². The van der Waals surface area contributed by atoms with Gasteiger partial charge < -0.3 is 5.11 Å². The molecular weight excluding hydrogens is 299 g/mol. The number of hydrogen-bond acceptors (Lipinski definition) is 5. The van der Waals surface area contributed by atoms with Crippen LogP contribution < -0.4 is 0 Å². The van der Waals surface area contributed by atoms with E-state index >= 15 is 0 Å². The molecule has 0 radical (unpaired) electrons. The van der Waals surface area contributed by atoms with E-state index in [0.29, 0.717) is 4.90 Å². The smallest absolute Gasteiger partial charge is 0.338 e. The lowest BCUT2D eigenvalue weighted by Crippen LogP contribution is -2.00. The monoisotopic (exact) mass is 306 g/mol. The third-order valence-corrected chi connectivity index (χ3v) is 4.44. The number of thiophene rings is 1. The third kappa shape index (κ3) is 2.37. The van der Waals surface area contributed by atoms with E-state index in [1.54, 1.807) is 0 Å². The van der Waals surface area contributed by atoms with E-state index in [9.17, 15) is 9.18 Å². The molecule has 0 aliphatic carbocycles. The molecule has 0 amide bonds. The van der Waals surface area contributed by atoms with Gasteiger partial charge in [-0.3, -0.25) is 0 Å². The van der Waals surface area contributed by atoms with Gasteiger partial charge in [-0.1, -0.05) is 11.8 Å². The van der Waals surface area contributed by atoms with Gasteiger partial charge in [-0.2, -0.15) is 0 Å². The van der Waals surface area contributed by atoms with Crippen LogP contribution in [-0.4, -0.2) is 21.0 Å². The van der Waals surface area contributed by atoms with Crippen molar-refractivity contribution in [1.82, 2.24) is 9.97 Å². The van der Waals surface area contributed by atoms with Gasteiger partial charge in [0.1, 0.15) is 22.0 Å². The second-order valence-corrected chi connectivity index (χ2v) is 5.82. The first-order valence-electron chi connectivity index (χ1n) is 5.54. The molecule has 7 heteroatoms. The fourth-order valence-corrected chi connectivity index (χ4v) is 3.40. The maximum absolute atomic E-state index is 13.3. The molecular formula is C13H7FN2O2S2. The number of rotatable bonds is 3. The summed E-state index contributed by atoms with van der Waals surface area (Å²) < 4.78 is 13.3. The quantitative estimate of drug-likeness (QED) is 0.748. The number of nitrogens with zero attached hydrogens (tertiary/aromatic N) is 2. The van der Waals surface area contributed by atoms with Crippen molar-refractivity contribution in [3.63, 3.8) is 0 Å². The minimum Gasteiger partial charge on any atom is -0.478 e. The van der Waals surface area contributed by atoms with E-state index in [1.807, 2.05) is 11.4 Å². The van der Waals surface area contributed by atoms with Crippen molar-refractivity contribution < 1.29 is 14.3 Å². The highest BCUT2D eigenvalue weighted by atomic mass is 32.2. The van der Waals surface area contributed by atoms with E-state index in [0.717, 1.165) is 21.3 Å². The Morgan fingerprint density at radius 2 is 2.15 bits per heavy atom. The number of benzene rings is 1. The summed E-state index contributed by atoms with van der Waals surface area (Å²) in [4.78, 5) is 20.7. The SMILES string of the molecule is O=C(O)c1cc(Sc2ncnc3sccc23)ccc1F. The zero-order chi connectivity index (χ0) is 14.1. The highest BCUT2D eigenvalue weighted by Crippen LogP contribution is 2.33. The van der Waals surface area contributed by atoms with Crippen LogP contribution in [0.2, 0.25) is 0 Å². The second kappa shape index (κ2) is 5.18. The van der Waals surface area contributed by atoms with E-state index in [2.05, 4.69) is 9.97 Å². The van der Waals surface area contributed by atoms with Crippen molar-refractivity contribution in [3.8, 4) is 0 Å². The van der Waals surface area contributed by atoms with Crippen LogP contribution in [0.4, 0.5) is 4.39 Å². The maximum Gasteiger partial charge on any atom is 0.338 e. The lowest BCUT2D eigenvalue weighted by molar-refractivity contribution is 0.0691. The lowest BCUT2D eigenvalue weighted by Gasteiger charge is -2.04. The minimum absolute atomic E-state index is 0.342. The molecule has 100 valence electrons. The van der Waals surface area contributed by atoms with Crippen molar-refractivity contribution in [1.29, 1.82) is 0 Å². The van der Waals surface area contributed by atoms with Gasteiger partial charge in [-0.25, -0.2) is 19.2 Å². The van der Waals surface area contributed by atoms with Crippen molar-refractivity contribution in [2.24, 2.45) is 0 Å². The molecule has 0 fully saturated rings.